The van der Waals surface area contributed by atoms with Crippen molar-refractivity contribution in [1.82, 2.24) is 10.3 Å². The first-order valence-electron chi connectivity index (χ1n) is 14.2. The van der Waals surface area contributed by atoms with Gasteiger partial charge in [-0.15, -0.1) is 0 Å². The highest BCUT2D eigenvalue weighted by molar-refractivity contribution is 7.80. The maximum absolute atomic E-state index is 12.2. The molecule has 2 saturated heterocycles. The number of rotatable bonds is 12. The Morgan fingerprint density at radius 3 is 2.65 bits per heavy atom. The van der Waals surface area contributed by atoms with Crippen molar-refractivity contribution >= 4 is 23.2 Å². The molecule has 2 N–H and O–H groups in total. The lowest BCUT2D eigenvalue weighted by Crippen LogP contribution is -2.31. The fraction of sp³-hybridized carbons (Fsp3) is 0.633. The van der Waals surface area contributed by atoms with Gasteiger partial charge in [-0.2, -0.15) is 0 Å². The molecule has 2 bridgehead atoms. The third-order valence-electron chi connectivity index (χ3n) is 8.74. The molecule has 0 amide bonds. The number of ether oxygens (including phenoxy) is 1. The summed E-state index contributed by atoms with van der Waals surface area (Å²) in [7, 11) is 0. The van der Waals surface area contributed by atoms with Crippen molar-refractivity contribution in [2.45, 2.75) is 95.2 Å². The third-order valence-corrected chi connectivity index (χ3v) is 9.10. The number of carboxylic acid groups (broad SMARTS) is 1. The van der Waals surface area contributed by atoms with E-state index in [2.05, 4.69) is 5.32 Å². The summed E-state index contributed by atoms with van der Waals surface area (Å²) >= 11 is 5.61. The summed E-state index contributed by atoms with van der Waals surface area (Å²) in [6.07, 6.45) is 15.5. The van der Waals surface area contributed by atoms with Crippen molar-refractivity contribution in [3.05, 3.63) is 53.7 Å². The lowest BCUT2D eigenvalue weighted by Gasteiger charge is -2.28. The van der Waals surface area contributed by atoms with Gasteiger partial charge in [0.2, 0.25) is 5.89 Å². The van der Waals surface area contributed by atoms with Crippen LogP contribution in [0.3, 0.4) is 0 Å². The quantitative estimate of drug-likeness (QED) is 0.249. The van der Waals surface area contributed by atoms with Crippen LogP contribution >= 0.6 is 12.2 Å². The van der Waals surface area contributed by atoms with Crippen LogP contribution in [0.1, 0.15) is 93.7 Å². The summed E-state index contributed by atoms with van der Waals surface area (Å²) in [5, 5.41) is 13.3. The first-order valence-corrected chi connectivity index (χ1v) is 14.6. The van der Waals surface area contributed by atoms with Gasteiger partial charge in [0.1, 0.15) is 16.9 Å². The highest BCUT2D eigenvalue weighted by Gasteiger charge is 2.52. The lowest BCUT2D eigenvalue weighted by molar-refractivity contribution is -0.142. The summed E-state index contributed by atoms with van der Waals surface area (Å²) in [5.41, 5.74) is 1.71. The zero-order valence-corrected chi connectivity index (χ0v) is 22.5. The first kappa shape index (κ1) is 26.4. The van der Waals surface area contributed by atoms with E-state index in [1.807, 2.05) is 30.3 Å². The predicted molar refractivity (Wildman–Crippen MR) is 147 cm³/mol. The lowest BCUT2D eigenvalue weighted by atomic mass is 9.74. The summed E-state index contributed by atoms with van der Waals surface area (Å²) in [6, 6.07) is 9.86. The Bertz CT molecular complexity index is 1040. The average Bonchev–Trinajstić information content (AvgIpc) is 3.66. The van der Waals surface area contributed by atoms with Crippen molar-refractivity contribution in [1.29, 1.82) is 0 Å². The molecule has 1 saturated carbocycles. The molecule has 2 aromatic rings. The molecule has 6 nitrogen and oxygen atoms in total. The number of hydrogen-bond acceptors (Lipinski definition) is 5. The maximum atomic E-state index is 12.2. The van der Waals surface area contributed by atoms with Crippen molar-refractivity contribution < 1.29 is 19.1 Å². The number of thiocarbonyl (C=S) groups is 1. The molecule has 3 fully saturated rings. The number of carbonyl (C=O) groups is 1. The molecular weight excluding hydrogens is 484 g/mol. The second kappa shape index (κ2) is 12.5. The van der Waals surface area contributed by atoms with E-state index in [9.17, 15) is 9.90 Å². The second-order valence-corrected chi connectivity index (χ2v) is 11.7. The minimum atomic E-state index is -0.757. The number of aromatic nitrogens is 1. The van der Waals surface area contributed by atoms with E-state index in [0.29, 0.717) is 29.4 Å². The molecule has 1 aliphatic carbocycles. The number of unbranched alkanes of at least 4 members (excludes halogenated alkanes) is 1. The first-order chi connectivity index (χ1) is 18.1. The molecule has 0 radical (unpaired) electrons. The number of benzene rings is 1. The summed E-state index contributed by atoms with van der Waals surface area (Å²) in [5.74, 6) is 0.386. The largest absolute Gasteiger partial charge is 0.481 e. The molecule has 3 aliphatic rings. The van der Waals surface area contributed by atoms with Crippen LogP contribution in [0, 0.1) is 17.8 Å². The maximum Gasteiger partial charge on any atom is 0.306 e. The van der Waals surface area contributed by atoms with Crippen LogP contribution in [-0.2, 0) is 16.0 Å². The molecule has 5 atom stereocenters. The normalized spacial score (nSPS) is 26.3. The monoisotopic (exact) mass is 524 g/mol. The standard InChI is InChI=1S/C30H40N2O4S/c33-30(34)22(17-21-12-5-2-6-13-21)18-23-25-14-15-26(36-25)27(23)28-32-24(19-35-28)29(37)31-16-8-7-11-20-9-3-1-4-10-20/h2,5-6,12-13,19-20,22-23,25-27H,1,3-4,7-11,14-18H2,(H,31,37)(H,33,34)/t22?,23-,25-,26+,27-/m0/s1. The highest BCUT2D eigenvalue weighted by Crippen LogP contribution is 2.51. The van der Waals surface area contributed by atoms with Crippen molar-refractivity contribution in [3.8, 4) is 0 Å². The van der Waals surface area contributed by atoms with Gasteiger partial charge in [-0.05, 0) is 49.5 Å². The molecular formula is C30H40N2O4S. The van der Waals surface area contributed by atoms with Crippen molar-refractivity contribution in [3.63, 3.8) is 0 Å². The van der Waals surface area contributed by atoms with Crippen LogP contribution in [-0.4, -0.2) is 39.8 Å². The van der Waals surface area contributed by atoms with E-state index in [4.69, 9.17) is 26.4 Å². The minimum Gasteiger partial charge on any atom is -0.481 e. The Morgan fingerprint density at radius 2 is 1.86 bits per heavy atom. The molecule has 5 rings (SSSR count). The zero-order chi connectivity index (χ0) is 25.6. The predicted octanol–water partition coefficient (Wildman–Crippen LogP) is 6.28. The van der Waals surface area contributed by atoms with E-state index in [1.54, 1.807) is 6.26 Å². The molecule has 3 heterocycles. The summed E-state index contributed by atoms with van der Waals surface area (Å²) in [4.78, 5) is 17.6. The number of nitrogens with one attached hydrogen (secondary N) is 1. The van der Waals surface area contributed by atoms with Gasteiger partial charge in [0, 0.05) is 6.54 Å². The van der Waals surface area contributed by atoms with Gasteiger partial charge in [-0.1, -0.05) is 87.5 Å². The van der Waals surface area contributed by atoms with E-state index in [-0.39, 0.29) is 24.0 Å². The molecule has 1 unspecified atom stereocenters. The van der Waals surface area contributed by atoms with Gasteiger partial charge >= 0.3 is 5.97 Å². The Kier molecular flexibility index (Phi) is 8.93. The average molecular weight is 525 g/mol. The molecule has 1 aromatic heterocycles. The fourth-order valence-corrected chi connectivity index (χ4v) is 6.98. The van der Waals surface area contributed by atoms with Crippen LogP contribution in [0.5, 0.6) is 0 Å². The van der Waals surface area contributed by atoms with E-state index in [0.717, 1.165) is 37.3 Å². The Hall–Kier alpha value is -2.25. The van der Waals surface area contributed by atoms with E-state index >= 15 is 0 Å². The Morgan fingerprint density at radius 1 is 1.08 bits per heavy atom. The van der Waals surface area contributed by atoms with Crippen LogP contribution in [0.15, 0.2) is 41.0 Å². The minimum absolute atomic E-state index is 0.0246. The molecule has 1 aromatic carbocycles. The zero-order valence-electron chi connectivity index (χ0n) is 21.6. The van der Waals surface area contributed by atoms with Gasteiger partial charge in [0.25, 0.3) is 0 Å². The molecule has 200 valence electrons. The summed E-state index contributed by atoms with van der Waals surface area (Å²) < 4.78 is 12.2. The number of fused-ring (bicyclic) bond motifs is 2. The molecule has 0 spiro atoms. The number of carboxylic acids is 1. The molecule has 7 heteroatoms. The van der Waals surface area contributed by atoms with E-state index in [1.165, 1.54) is 44.9 Å². The van der Waals surface area contributed by atoms with Crippen molar-refractivity contribution in [2.24, 2.45) is 17.8 Å². The van der Waals surface area contributed by atoms with Crippen LogP contribution in [0.25, 0.3) is 0 Å². The topological polar surface area (TPSA) is 84.6 Å². The van der Waals surface area contributed by atoms with E-state index < -0.39 is 11.9 Å². The Balaban J connectivity index is 1.16. The van der Waals surface area contributed by atoms with Gasteiger partial charge in [0.15, 0.2) is 0 Å². The number of aliphatic carboxylic acids is 1. The van der Waals surface area contributed by atoms with Crippen molar-refractivity contribution in [2.75, 3.05) is 6.54 Å². The third kappa shape index (κ3) is 6.61. The highest BCUT2D eigenvalue weighted by atomic mass is 32.1. The van der Waals surface area contributed by atoms with Gasteiger partial charge in [-0.25, -0.2) is 4.98 Å². The van der Waals surface area contributed by atoms with Crippen LogP contribution in [0.2, 0.25) is 0 Å². The molecule has 2 aliphatic heterocycles. The SMILES string of the molecule is O=C(O)C(Cc1ccccc1)C[C@@H]1[C@H](c2nc(C(=S)NCCCCC3CCCCC3)co2)[C@H]2CC[C@@H]1O2. The van der Waals surface area contributed by atoms with Gasteiger partial charge in [-0.3, -0.25) is 4.79 Å². The van der Waals surface area contributed by atoms with Gasteiger partial charge in [0.05, 0.1) is 24.0 Å². The smallest absolute Gasteiger partial charge is 0.306 e. The van der Waals surface area contributed by atoms with Crippen LogP contribution in [0.4, 0.5) is 0 Å². The van der Waals surface area contributed by atoms with Gasteiger partial charge < -0.3 is 19.6 Å². The fourth-order valence-electron chi connectivity index (χ4n) is 6.79. The summed E-state index contributed by atoms with van der Waals surface area (Å²) in [6.45, 7) is 0.855. The molecule has 37 heavy (non-hydrogen) atoms. The number of nitrogens with zero attached hydrogens (tertiary/aromatic N) is 1. The number of oxazole rings is 1. The Labute approximate surface area is 225 Å². The number of hydrogen-bond donors (Lipinski definition) is 2. The second-order valence-electron chi connectivity index (χ2n) is 11.3. The van der Waals surface area contributed by atoms with Crippen LogP contribution < -0.4 is 5.32 Å².